The minimum Gasteiger partial charge on any atom is -0.337 e. The van der Waals surface area contributed by atoms with E-state index in [1.54, 1.807) is 0 Å². The van der Waals surface area contributed by atoms with Crippen molar-refractivity contribution in [1.29, 1.82) is 0 Å². The largest absolute Gasteiger partial charge is 0.337 e. The quantitative estimate of drug-likeness (QED) is 0.808. The summed E-state index contributed by atoms with van der Waals surface area (Å²) in [6.07, 6.45) is 7.91. The number of nitrogens with zero attached hydrogens (tertiary/aromatic N) is 4. The van der Waals surface area contributed by atoms with Gasteiger partial charge >= 0.3 is 0 Å². The first-order valence-electron chi connectivity index (χ1n) is 10.6. The number of aryl methyl sites for hydroxylation is 1. The maximum absolute atomic E-state index is 13.2. The Morgan fingerprint density at radius 2 is 1.92 bits per heavy atom. The molecule has 0 bridgehead atoms. The molecule has 1 aromatic heterocycles. The molecule has 26 heavy (non-hydrogen) atoms. The van der Waals surface area contributed by atoms with Crippen molar-refractivity contribution in [3.05, 3.63) is 17.0 Å². The molecule has 1 amide bonds. The topological polar surface area (TPSA) is 41.4 Å². The summed E-state index contributed by atoms with van der Waals surface area (Å²) in [6, 6.07) is 0.523. The lowest BCUT2D eigenvalue weighted by Crippen LogP contribution is -2.39. The van der Waals surface area contributed by atoms with Crippen LogP contribution in [0.15, 0.2) is 0 Å². The van der Waals surface area contributed by atoms with Gasteiger partial charge in [-0.1, -0.05) is 26.7 Å². The Balaban J connectivity index is 1.83. The van der Waals surface area contributed by atoms with Gasteiger partial charge in [-0.25, -0.2) is 0 Å². The highest BCUT2D eigenvalue weighted by Crippen LogP contribution is 2.28. The Morgan fingerprint density at radius 3 is 2.54 bits per heavy atom. The molecule has 1 aliphatic heterocycles. The molecule has 5 heteroatoms. The van der Waals surface area contributed by atoms with Gasteiger partial charge in [-0.3, -0.25) is 9.48 Å². The highest BCUT2D eigenvalue weighted by molar-refractivity contribution is 5.94. The Morgan fingerprint density at radius 1 is 1.23 bits per heavy atom. The van der Waals surface area contributed by atoms with E-state index in [4.69, 9.17) is 5.10 Å². The smallest absolute Gasteiger partial charge is 0.274 e. The van der Waals surface area contributed by atoms with Crippen LogP contribution >= 0.6 is 0 Å². The molecule has 1 aliphatic carbocycles. The fourth-order valence-corrected chi connectivity index (χ4v) is 4.63. The lowest BCUT2D eigenvalue weighted by Gasteiger charge is -2.33. The lowest BCUT2D eigenvalue weighted by molar-refractivity contribution is 0.0753. The van der Waals surface area contributed by atoms with E-state index in [2.05, 4.69) is 42.3 Å². The van der Waals surface area contributed by atoms with Crippen molar-refractivity contribution in [3.8, 4) is 0 Å². The summed E-state index contributed by atoms with van der Waals surface area (Å²) in [5.74, 6) is 0.834. The molecule has 5 nitrogen and oxygen atoms in total. The third-order valence-corrected chi connectivity index (χ3v) is 5.99. The van der Waals surface area contributed by atoms with Gasteiger partial charge < -0.3 is 9.80 Å². The van der Waals surface area contributed by atoms with Crippen LogP contribution in [0.1, 0.15) is 74.6 Å². The van der Waals surface area contributed by atoms with Crippen LogP contribution in [-0.4, -0.2) is 58.2 Å². The molecular weight excluding hydrogens is 324 g/mol. The van der Waals surface area contributed by atoms with Crippen LogP contribution in [0.5, 0.6) is 0 Å². The summed E-state index contributed by atoms with van der Waals surface area (Å²) in [5, 5.41) is 4.78. The third kappa shape index (κ3) is 4.13. The van der Waals surface area contributed by atoms with Gasteiger partial charge in [0.25, 0.3) is 5.91 Å². The second-order valence-electron chi connectivity index (χ2n) is 8.53. The molecule has 2 heterocycles. The Hall–Kier alpha value is -1.36. The van der Waals surface area contributed by atoms with E-state index in [0.717, 1.165) is 57.6 Å². The van der Waals surface area contributed by atoms with Crippen LogP contribution < -0.4 is 0 Å². The molecular formula is C21H36N4O. The highest BCUT2D eigenvalue weighted by atomic mass is 16.2. The minimum absolute atomic E-state index is 0.169. The summed E-state index contributed by atoms with van der Waals surface area (Å²) in [6.45, 7) is 10.4. The molecule has 1 fully saturated rings. The predicted molar refractivity (Wildman–Crippen MR) is 106 cm³/mol. The zero-order chi connectivity index (χ0) is 18.7. The van der Waals surface area contributed by atoms with Gasteiger partial charge in [-0.2, -0.15) is 5.10 Å². The number of likely N-dealkylation sites (tertiary alicyclic amines) is 1. The lowest BCUT2D eigenvalue weighted by atomic mass is 9.90. The first-order valence-corrected chi connectivity index (χ1v) is 10.6. The zero-order valence-corrected chi connectivity index (χ0v) is 17.1. The predicted octanol–water partition coefficient (Wildman–Crippen LogP) is 3.36. The normalized spacial score (nSPS) is 21.2. The SMILES string of the molecule is CCn1nc(C(=O)N2CCCCCC2)c2c1CC[C@H](N(C)CC(C)C)C2. The van der Waals surface area contributed by atoms with Crippen molar-refractivity contribution in [1.82, 2.24) is 19.6 Å². The van der Waals surface area contributed by atoms with Crippen LogP contribution in [0.4, 0.5) is 0 Å². The van der Waals surface area contributed by atoms with E-state index in [-0.39, 0.29) is 5.91 Å². The maximum atomic E-state index is 13.2. The number of carbonyl (C=O) groups is 1. The highest BCUT2D eigenvalue weighted by Gasteiger charge is 2.32. The molecule has 0 saturated carbocycles. The number of amides is 1. The van der Waals surface area contributed by atoms with Gasteiger partial charge in [-0.15, -0.1) is 0 Å². The van der Waals surface area contributed by atoms with Gasteiger partial charge in [-0.05, 0) is 52.0 Å². The molecule has 1 saturated heterocycles. The van der Waals surface area contributed by atoms with Crippen molar-refractivity contribution in [2.45, 2.75) is 78.3 Å². The summed E-state index contributed by atoms with van der Waals surface area (Å²) in [7, 11) is 2.23. The van der Waals surface area contributed by atoms with E-state index < -0.39 is 0 Å². The molecule has 0 N–H and O–H groups in total. The van der Waals surface area contributed by atoms with Crippen LogP contribution in [0.2, 0.25) is 0 Å². The monoisotopic (exact) mass is 360 g/mol. The standard InChI is InChI=1S/C21H36N4O/c1-5-25-19-11-10-17(23(4)15-16(2)3)14-18(19)20(22-25)21(26)24-12-8-6-7-9-13-24/h16-17H,5-15H2,1-4H3/t17-/m0/s1. The summed E-state index contributed by atoms with van der Waals surface area (Å²) in [5.41, 5.74) is 3.28. The number of aromatic nitrogens is 2. The van der Waals surface area contributed by atoms with Gasteiger partial charge in [0, 0.05) is 43.5 Å². The average Bonchev–Trinajstić information content (AvgIpc) is 2.79. The molecule has 0 radical (unpaired) electrons. The maximum Gasteiger partial charge on any atom is 0.274 e. The van der Waals surface area contributed by atoms with E-state index in [0.29, 0.717) is 12.0 Å². The van der Waals surface area contributed by atoms with E-state index in [1.165, 1.54) is 30.5 Å². The summed E-state index contributed by atoms with van der Waals surface area (Å²) >= 11 is 0. The number of rotatable bonds is 5. The summed E-state index contributed by atoms with van der Waals surface area (Å²) < 4.78 is 2.08. The van der Waals surface area contributed by atoms with Gasteiger partial charge in [0.2, 0.25) is 0 Å². The fraction of sp³-hybridized carbons (Fsp3) is 0.810. The van der Waals surface area contributed by atoms with E-state index >= 15 is 0 Å². The third-order valence-electron chi connectivity index (χ3n) is 5.99. The van der Waals surface area contributed by atoms with Gasteiger partial charge in [0.05, 0.1) is 0 Å². The van der Waals surface area contributed by atoms with Crippen molar-refractivity contribution >= 4 is 5.91 Å². The van der Waals surface area contributed by atoms with Crippen molar-refractivity contribution in [3.63, 3.8) is 0 Å². The van der Waals surface area contributed by atoms with Crippen LogP contribution in [0, 0.1) is 5.92 Å². The second-order valence-corrected chi connectivity index (χ2v) is 8.53. The van der Waals surface area contributed by atoms with Gasteiger partial charge in [0.1, 0.15) is 0 Å². The number of likely N-dealkylation sites (N-methyl/N-ethyl adjacent to an activating group) is 1. The molecule has 0 unspecified atom stereocenters. The Bertz CT molecular complexity index is 614. The zero-order valence-electron chi connectivity index (χ0n) is 17.1. The molecule has 3 rings (SSSR count). The molecule has 0 spiro atoms. The Kier molecular flexibility index (Phi) is 6.38. The van der Waals surface area contributed by atoms with Crippen molar-refractivity contribution in [2.24, 2.45) is 5.92 Å². The molecule has 2 aliphatic rings. The number of fused-ring (bicyclic) bond motifs is 1. The van der Waals surface area contributed by atoms with Crippen molar-refractivity contribution < 1.29 is 4.79 Å². The first-order chi connectivity index (χ1) is 12.5. The molecule has 146 valence electrons. The van der Waals surface area contributed by atoms with Gasteiger partial charge in [0.15, 0.2) is 5.69 Å². The Labute approximate surface area is 158 Å². The average molecular weight is 361 g/mol. The van der Waals surface area contributed by atoms with Crippen molar-refractivity contribution in [2.75, 3.05) is 26.7 Å². The van der Waals surface area contributed by atoms with Crippen LogP contribution in [0.25, 0.3) is 0 Å². The fourth-order valence-electron chi connectivity index (χ4n) is 4.63. The molecule has 1 aromatic rings. The first kappa shape index (κ1) is 19.4. The number of hydrogen-bond donors (Lipinski definition) is 0. The minimum atomic E-state index is 0.169. The summed E-state index contributed by atoms with van der Waals surface area (Å²) in [4.78, 5) is 17.8. The van der Waals surface area contributed by atoms with Crippen LogP contribution in [-0.2, 0) is 19.4 Å². The number of carbonyl (C=O) groups excluding carboxylic acids is 1. The van der Waals surface area contributed by atoms with Crippen LogP contribution in [0.3, 0.4) is 0 Å². The second kappa shape index (κ2) is 8.55. The van der Waals surface area contributed by atoms with E-state index in [1.807, 2.05) is 0 Å². The molecule has 0 aromatic carbocycles. The van der Waals surface area contributed by atoms with E-state index in [9.17, 15) is 4.79 Å². The molecule has 1 atom stereocenters. The number of hydrogen-bond acceptors (Lipinski definition) is 3.